The summed E-state index contributed by atoms with van der Waals surface area (Å²) in [5, 5.41) is 3.99. The molecule has 0 aliphatic carbocycles. The van der Waals surface area contributed by atoms with E-state index in [4.69, 9.17) is 0 Å². The van der Waals surface area contributed by atoms with Crippen molar-refractivity contribution in [3.63, 3.8) is 0 Å². The highest BCUT2D eigenvalue weighted by Crippen LogP contribution is 2.50. The van der Waals surface area contributed by atoms with E-state index in [1.165, 1.54) is 37.9 Å². The Morgan fingerprint density at radius 3 is 1.24 bits per heavy atom. The predicted molar refractivity (Wildman–Crippen MR) is 165 cm³/mol. The van der Waals surface area contributed by atoms with Crippen LogP contribution in [0.5, 0.6) is 0 Å². The van der Waals surface area contributed by atoms with E-state index in [2.05, 4.69) is 165 Å². The monoisotopic (exact) mass is 492 g/mol. The summed E-state index contributed by atoms with van der Waals surface area (Å²) in [4.78, 5) is 0. The lowest BCUT2D eigenvalue weighted by atomic mass is 9.35. The lowest BCUT2D eigenvalue weighted by Crippen LogP contribution is -2.44. The Labute approximate surface area is 222 Å². The molecule has 0 saturated heterocycles. The van der Waals surface area contributed by atoms with Gasteiger partial charge in [0.05, 0.1) is 0 Å². The molecule has 2 heteroatoms. The van der Waals surface area contributed by atoms with Crippen molar-refractivity contribution < 1.29 is 0 Å². The lowest BCUT2D eigenvalue weighted by molar-refractivity contribution is 1.52. The van der Waals surface area contributed by atoms with Gasteiger partial charge >= 0.3 is 0 Å². The first kappa shape index (κ1) is 24.8. The van der Waals surface area contributed by atoms with E-state index in [9.17, 15) is 0 Å². The first-order chi connectivity index (χ1) is 18.2. The van der Waals surface area contributed by atoms with Crippen LogP contribution in [0, 0.1) is 0 Å². The SMILES string of the molecule is C=C(C)/C(=C(/B(c1ccccc1)c1ccccc1)c1ccccc1)P(c1ccccc1)c1ccccc1. The van der Waals surface area contributed by atoms with E-state index in [0.29, 0.717) is 0 Å². The van der Waals surface area contributed by atoms with Crippen LogP contribution < -0.4 is 21.5 Å². The van der Waals surface area contributed by atoms with Gasteiger partial charge in [0.25, 0.3) is 0 Å². The van der Waals surface area contributed by atoms with Crippen LogP contribution in [0.2, 0.25) is 0 Å². The Hall–Kier alpha value is -3.93. The Balaban J connectivity index is 1.90. The third kappa shape index (κ3) is 5.58. The zero-order valence-corrected chi connectivity index (χ0v) is 22.1. The van der Waals surface area contributed by atoms with Gasteiger partial charge in [-0.3, -0.25) is 0 Å². The Morgan fingerprint density at radius 1 is 0.514 bits per heavy atom. The minimum atomic E-state index is -0.850. The van der Waals surface area contributed by atoms with Crippen LogP contribution in [0.1, 0.15) is 12.5 Å². The van der Waals surface area contributed by atoms with E-state index in [1.807, 2.05) is 0 Å². The maximum Gasteiger partial charge on any atom is 0.242 e. The molecule has 0 radical (unpaired) electrons. The number of rotatable bonds is 8. The van der Waals surface area contributed by atoms with Gasteiger partial charge < -0.3 is 0 Å². The van der Waals surface area contributed by atoms with Gasteiger partial charge in [-0.05, 0) is 36.3 Å². The second-order valence-electron chi connectivity index (χ2n) is 9.17. The van der Waals surface area contributed by atoms with E-state index >= 15 is 0 Å². The number of hydrogen-bond acceptors (Lipinski definition) is 0. The molecule has 0 aromatic heterocycles. The quantitative estimate of drug-likeness (QED) is 0.125. The molecule has 0 bridgehead atoms. The van der Waals surface area contributed by atoms with Crippen molar-refractivity contribution in [2.45, 2.75) is 6.92 Å². The molecule has 0 amide bonds. The molecule has 0 atom stereocenters. The van der Waals surface area contributed by atoms with Crippen LogP contribution in [-0.4, -0.2) is 6.71 Å². The number of hydrogen-bond donors (Lipinski definition) is 0. The molecule has 37 heavy (non-hydrogen) atoms. The van der Waals surface area contributed by atoms with Crippen molar-refractivity contribution >= 4 is 41.6 Å². The molecule has 0 aliphatic heterocycles. The van der Waals surface area contributed by atoms with Crippen LogP contribution in [0.25, 0.3) is 5.47 Å². The van der Waals surface area contributed by atoms with Crippen molar-refractivity contribution in [2.75, 3.05) is 0 Å². The Bertz CT molecular complexity index is 1380. The fourth-order valence-electron chi connectivity index (χ4n) is 4.98. The summed E-state index contributed by atoms with van der Waals surface area (Å²) >= 11 is 0. The molecule has 0 unspecified atom stereocenters. The van der Waals surface area contributed by atoms with Crippen LogP contribution in [0.4, 0.5) is 0 Å². The van der Waals surface area contributed by atoms with Crippen molar-refractivity contribution in [3.8, 4) is 0 Å². The summed E-state index contributed by atoms with van der Waals surface area (Å²) < 4.78 is 0. The fourth-order valence-corrected chi connectivity index (χ4v) is 7.61. The highest BCUT2D eigenvalue weighted by molar-refractivity contribution is 7.77. The third-order valence-electron chi connectivity index (χ3n) is 6.55. The van der Waals surface area contributed by atoms with Crippen molar-refractivity contribution in [3.05, 3.63) is 175 Å². The standard InChI is InChI=1S/C35H30BP/c1-28(2)35(37(32-24-14-6-15-25-32)33-26-16-7-17-27-33)34(29-18-8-3-9-19-29)36(30-20-10-4-11-21-30)31-22-12-5-13-23-31/h3-27H,1H2,2H3/b35-34-. The van der Waals surface area contributed by atoms with Gasteiger partial charge in [-0.25, -0.2) is 0 Å². The van der Waals surface area contributed by atoms with Crippen LogP contribution in [0.3, 0.4) is 0 Å². The molecule has 5 aromatic carbocycles. The molecule has 0 saturated carbocycles. The second kappa shape index (κ2) is 11.9. The first-order valence-electron chi connectivity index (χ1n) is 12.7. The first-order valence-corrected chi connectivity index (χ1v) is 14.0. The highest BCUT2D eigenvalue weighted by Gasteiger charge is 2.32. The van der Waals surface area contributed by atoms with Crippen LogP contribution in [0.15, 0.2) is 169 Å². The van der Waals surface area contributed by atoms with Gasteiger partial charge in [-0.2, -0.15) is 0 Å². The smallest absolute Gasteiger partial charge is 0.0955 e. The summed E-state index contributed by atoms with van der Waals surface area (Å²) in [6.07, 6.45) is 0. The summed E-state index contributed by atoms with van der Waals surface area (Å²) in [7, 11) is -0.850. The Morgan fingerprint density at radius 2 is 0.865 bits per heavy atom. The van der Waals surface area contributed by atoms with Crippen molar-refractivity contribution in [2.24, 2.45) is 0 Å². The van der Waals surface area contributed by atoms with Gasteiger partial charge in [-0.15, -0.1) is 0 Å². The normalized spacial score (nSPS) is 11.6. The second-order valence-corrected chi connectivity index (χ2v) is 11.3. The average Bonchev–Trinajstić information content (AvgIpc) is 2.97. The molecule has 0 spiro atoms. The zero-order valence-electron chi connectivity index (χ0n) is 21.2. The molecular formula is C35H30BP. The molecule has 5 rings (SSSR count). The lowest BCUT2D eigenvalue weighted by Gasteiger charge is -2.30. The van der Waals surface area contributed by atoms with Crippen LogP contribution in [-0.2, 0) is 0 Å². The largest absolute Gasteiger partial charge is 0.242 e. The average molecular weight is 492 g/mol. The maximum absolute atomic E-state index is 4.60. The summed E-state index contributed by atoms with van der Waals surface area (Å²) in [5.74, 6) is 0. The molecular weight excluding hydrogens is 462 g/mol. The fraction of sp³-hybridized carbons (Fsp3) is 0.0286. The molecule has 0 nitrogen and oxygen atoms in total. The van der Waals surface area contributed by atoms with Gasteiger partial charge in [0.2, 0.25) is 6.71 Å². The molecule has 0 aliphatic rings. The van der Waals surface area contributed by atoms with E-state index < -0.39 is 7.92 Å². The minimum absolute atomic E-state index is 0.0638. The van der Waals surface area contributed by atoms with E-state index in [1.54, 1.807) is 0 Å². The predicted octanol–water partition coefficient (Wildman–Crippen LogP) is 6.96. The van der Waals surface area contributed by atoms with Crippen molar-refractivity contribution in [1.29, 1.82) is 0 Å². The highest BCUT2D eigenvalue weighted by atomic mass is 31.1. The Kier molecular flexibility index (Phi) is 7.94. The third-order valence-corrected chi connectivity index (χ3v) is 9.25. The molecule has 5 aromatic rings. The summed E-state index contributed by atoms with van der Waals surface area (Å²) in [6.45, 7) is 6.84. The summed E-state index contributed by atoms with van der Waals surface area (Å²) in [5.41, 5.74) is 6.22. The van der Waals surface area contributed by atoms with Gasteiger partial charge in [0.1, 0.15) is 0 Å². The van der Waals surface area contributed by atoms with E-state index in [0.717, 1.165) is 5.57 Å². The molecule has 0 fully saturated rings. The molecule has 0 heterocycles. The van der Waals surface area contributed by atoms with Crippen LogP contribution >= 0.6 is 7.92 Å². The molecule has 178 valence electrons. The zero-order chi connectivity index (χ0) is 25.5. The summed E-state index contributed by atoms with van der Waals surface area (Å²) in [6, 6.07) is 54.5. The van der Waals surface area contributed by atoms with Gasteiger partial charge in [0, 0.05) is 0 Å². The maximum atomic E-state index is 4.60. The topological polar surface area (TPSA) is 0 Å². The number of allylic oxidation sites excluding steroid dienone is 2. The minimum Gasteiger partial charge on any atom is -0.0955 e. The van der Waals surface area contributed by atoms with Crippen molar-refractivity contribution in [1.82, 2.24) is 0 Å². The number of benzene rings is 5. The molecule has 0 N–H and O–H groups in total. The van der Waals surface area contributed by atoms with E-state index in [-0.39, 0.29) is 6.71 Å². The van der Waals surface area contributed by atoms with Gasteiger partial charge in [0.15, 0.2) is 0 Å². The van der Waals surface area contributed by atoms with Gasteiger partial charge in [-0.1, -0.05) is 180 Å².